The van der Waals surface area contributed by atoms with E-state index in [-0.39, 0.29) is 5.24 Å². The predicted octanol–water partition coefficient (Wildman–Crippen LogP) is 3.43. The monoisotopic (exact) mass is 259 g/mol. The Hall–Kier alpha value is -1.81. The summed E-state index contributed by atoms with van der Waals surface area (Å²) in [5.74, 6) is 0. The van der Waals surface area contributed by atoms with Gasteiger partial charge in [0.1, 0.15) is 0 Å². The zero-order valence-electron chi connectivity index (χ0n) is 10.2. The molecule has 2 rings (SSSR count). The molecule has 4 heteroatoms. The van der Waals surface area contributed by atoms with Gasteiger partial charge in [-0.1, -0.05) is 30.3 Å². The predicted molar refractivity (Wildman–Crippen MR) is 74.3 cm³/mol. The van der Waals surface area contributed by atoms with Gasteiger partial charge in [-0.2, -0.15) is 0 Å². The van der Waals surface area contributed by atoms with E-state index < -0.39 is 0 Å². The summed E-state index contributed by atoms with van der Waals surface area (Å²) in [5, 5.41) is 1.79. The van der Waals surface area contributed by atoms with Gasteiger partial charge < -0.3 is 4.90 Å². The van der Waals surface area contributed by atoms with E-state index in [4.69, 9.17) is 0 Å². The number of benzene rings is 2. The first-order valence-corrected chi connectivity index (χ1v) is 6.31. The number of hydrogen-bond acceptors (Lipinski definition) is 3. The van der Waals surface area contributed by atoms with E-state index in [0.717, 1.165) is 28.8 Å². The number of aldehydes is 1. The molecule has 0 N–H and O–H groups in total. The third-order valence-corrected chi connectivity index (χ3v) is 3.73. The Kier molecular flexibility index (Phi) is 3.67. The lowest BCUT2D eigenvalue weighted by Crippen LogP contribution is -2.16. The summed E-state index contributed by atoms with van der Waals surface area (Å²) in [4.78, 5) is 25.1. The highest BCUT2D eigenvalue weighted by Gasteiger charge is 2.12. The van der Waals surface area contributed by atoms with Crippen LogP contribution in [-0.2, 0) is 0 Å². The van der Waals surface area contributed by atoms with Gasteiger partial charge in [0, 0.05) is 24.6 Å². The Morgan fingerprint density at radius 3 is 2.56 bits per heavy atom. The zero-order chi connectivity index (χ0) is 13.1. The van der Waals surface area contributed by atoms with Gasteiger partial charge in [0.05, 0.1) is 0 Å². The smallest absolute Gasteiger partial charge is 0.285 e. The summed E-state index contributed by atoms with van der Waals surface area (Å²) in [6.07, 6.45) is 0.813. The van der Waals surface area contributed by atoms with Crippen LogP contribution in [0.5, 0.6) is 0 Å². The summed E-state index contributed by atoms with van der Waals surface area (Å²) in [5.41, 5.74) is 0.577. The van der Waals surface area contributed by atoms with Gasteiger partial charge in [0.15, 0.2) is 6.29 Å². The van der Waals surface area contributed by atoms with Crippen molar-refractivity contribution in [3.05, 3.63) is 42.0 Å². The molecular weight excluding hydrogens is 246 g/mol. The van der Waals surface area contributed by atoms with E-state index in [1.807, 2.05) is 36.4 Å². The number of amides is 1. The van der Waals surface area contributed by atoms with Crippen LogP contribution in [0.3, 0.4) is 0 Å². The highest BCUT2D eigenvalue weighted by atomic mass is 32.2. The van der Waals surface area contributed by atoms with Crippen molar-refractivity contribution in [1.29, 1.82) is 0 Å². The minimum atomic E-state index is -0.0895. The highest BCUT2D eigenvalue weighted by molar-refractivity contribution is 8.13. The minimum absolute atomic E-state index is 0.0895. The van der Waals surface area contributed by atoms with E-state index in [0.29, 0.717) is 10.5 Å². The van der Waals surface area contributed by atoms with E-state index >= 15 is 0 Å². The Morgan fingerprint density at radius 2 is 1.89 bits per heavy atom. The Morgan fingerprint density at radius 1 is 1.17 bits per heavy atom. The molecule has 2 aromatic rings. The molecule has 0 heterocycles. The van der Waals surface area contributed by atoms with Crippen LogP contribution in [0.4, 0.5) is 4.79 Å². The number of carbonyl (C=O) groups excluding carboxylic acids is 2. The molecule has 3 nitrogen and oxygen atoms in total. The van der Waals surface area contributed by atoms with E-state index in [1.54, 1.807) is 14.1 Å². The summed E-state index contributed by atoms with van der Waals surface area (Å²) in [7, 11) is 3.38. The van der Waals surface area contributed by atoms with Crippen molar-refractivity contribution < 1.29 is 9.59 Å². The van der Waals surface area contributed by atoms with E-state index in [2.05, 4.69) is 0 Å². The average molecular weight is 259 g/mol. The second kappa shape index (κ2) is 5.23. The third-order valence-electron chi connectivity index (χ3n) is 2.61. The van der Waals surface area contributed by atoms with Crippen LogP contribution in [0.1, 0.15) is 10.4 Å². The Balaban J connectivity index is 2.51. The maximum Gasteiger partial charge on any atom is 0.285 e. The number of nitrogens with zero attached hydrogens (tertiary/aromatic N) is 1. The SMILES string of the molecule is CN(C)C(=O)Sc1ccc2ccccc2c1C=O. The standard InChI is InChI=1S/C14H13NO2S/c1-15(2)14(17)18-13-8-7-10-5-3-4-6-11(10)12(13)9-16/h3-9H,1-2H3. The summed E-state index contributed by atoms with van der Waals surface area (Å²) >= 11 is 1.07. The fraction of sp³-hybridized carbons (Fsp3) is 0.143. The van der Waals surface area contributed by atoms with Crippen LogP contribution in [0, 0.1) is 0 Å². The topological polar surface area (TPSA) is 37.4 Å². The second-order valence-corrected chi connectivity index (χ2v) is 5.07. The summed E-state index contributed by atoms with van der Waals surface area (Å²) in [6, 6.07) is 11.4. The molecule has 0 saturated heterocycles. The van der Waals surface area contributed by atoms with Gasteiger partial charge in [-0.25, -0.2) is 0 Å². The fourth-order valence-corrected chi connectivity index (χ4v) is 2.45. The van der Waals surface area contributed by atoms with Crippen molar-refractivity contribution in [3.8, 4) is 0 Å². The first-order valence-electron chi connectivity index (χ1n) is 5.49. The van der Waals surface area contributed by atoms with E-state index in [9.17, 15) is 9.59 Å². The average Bonchev–Trinajstić information content (AvgIpc) is 2.38. The number of hydrogen-bond donors (Lipinski definition) is 0. The molecular formula is C14H13NO2S. The molecule has 92 valence electrons. The van der Waals surface area contributed by atoms with Gasteiger partial charge in [-0.15, -0.1) is 0 Å². The van der Waals surface area contributed by atoms with Crippen LogP contribution >= 0.6 is 11.8 Å². The van der Waals surface area contributed by atoms with Crippen molar-refractivity contribution in [2.45, 2.75) is 4.90 Å². The molecule has 2 aromatic carbocycles. The molecule has 18 heavy (non-hydrogen) atoms. The molecule has 0 fully saturated rings. The second-order valence-electron chi connectivity index (χ2n) is 4.08. The number of thioether (sulfide) groups is 1. The highest BCUT2D eigenvalue weighted by Crippen LogP contribution is 2.29. The van der Waals surface area contributed by atoms with Crippen LogP contribution in [0.15, 0.2) is 41.3 Å². The first kappa shape index (κ1) is 12.6. The molecule has 0 saturated carbocycles. The lowest BCUT2D eigenvalue weighted by molar-refractivity contribution is 0.112. The van der Waals surface area contributed by atoms with Gasteiger partial charge in [0.25, 0.3) is 5.24 Å². The molecule has 0 aliphatic heterocycles. The van der Waals surface area contributed by atoms with Crippen LogP contribution in [-0.4, -0.2) is 30.5 Å². The van der Waals surface area contributed by atoms with Gasteiger partial charge in [-0.05, 0) is 28.6 Å². The largest absolute Gasteiger partial charge is 0.339 e. The van der Waals surface area contributed by atoms with E-state index in [1.165, 1.54) is 4.90 Å². The van der Waals surface area contributed by atoms with Crippen LogP contribution in [0.2, 0.25) is 0 Å². The molecule has 0 aromatic heterocycles. The lowest BCUT2D eigenvalue weighted by atomic mass is 10.1. The molecule has 1 amide bonds. The third kappa shape index (κ3) is 2.38. The molecule has 0 aliphatic carbocycles. The van der Waals surface area contributed by atoms with Gasteiger partial charge >= 0.3 is 0 Å². The van der Waals surface area contributed by atoms with Crippen molar-refractivity contribution >= 4 is 34.1 Å². The van der Waals surface area contributed by atoms with Crippen molar-refractivity contribution in [2.75, 3.05) is 14.1 Å². The first-order chi connectivity index (χ1) is 8.63. The van der Waals surface area contributed by atoms with Crippen molar-refractivity contribution in [2.24, 2.45) is 0 Å². The van der Waals surface area contributed by atoms with Crippen molar-refractivity contribution in [1.82, 2.24) is 4.90 Å². The molecule has 0 bridgehead atoms. The lowest BCUT2D eigenvalue weighted by Gasteiger charge is -2.11. The molecule has 0 unspecified atom stereocenters. The van der Waals surface area contributed by atoms with Crippen LogP contribution in [0.25, 0.3) is 10.8 Å². The molecule has 0 radical (unpaired) electrons. The number of fused-ring (bicyclic) bond motifs is 1. The van der Waals surface area contributed by atoms with Crippen molar-refractivity contribution in [3.63, 3.8) is 0 Å². The molecule has 0 atom stereocenters. The number of rotatable bonds is 2. The summed E-state index contributed by atoms with van der Waals surface area (Å²) < 4.78 is 0. The van der Waals surface area contributed by atoms with Gasteiger partial charge in [-0.3, -0.25) is 9.59 Å². The molecule has 0 spiro atoms. The maximum atomic E-state index is 11.7. The zero-order valence-corrected chi connectivity index (χ0v) is 11.0. The fourth-order valence-electron chi connectivity index (χ4n) is 1.67. The normalized spacial score (nSPS) is 10.3. The summed E-state index contributed by atoms with van der Waals surface area (Å²) in [6.45, 7) is 0. The quantitative estimate of drug-likeness (QED) is 0.612. The number of carbonyl (C=O) groups is 2. The minimum Gasteiger partial charge on any atom is -0.339 e. The Labute approximate surface area is 110 Å². The van der Waals surface area contributed by atoms with Gasteiger partial charge in [0.2, 0.25) is 0 Å². The van der Waals surface area contributed by atoms with Crippen LogP contribution < -0.4 is 0 Å². The Bertz CT molecular complexity index is 608. The molecule has 0 aliphatic rings. The maximum absolute atomic E-state index is 11.7.